The molecule has 1 heterocycles. The van der Waals surface area contributed by atoms with Crippen LogP contribution >= 0.6 is 0 Å². The molecule has 1 atom stereocenters. The Kier molecular flexibility index (Phi) is 6.96. The van der Waals surface area contributed by atoms with Gasteiger partial charge in [0, 0.05) is 25.3 Å². The van der Waals surface area contributed by atoms with Crippen molar-refractivity contribution in [2.75, 3.05) is 32.8 Å². The summed E-state index contributed by atoms with van der Waals surface area (Å²) in [5.41, 5.74) is 2.28. The van der Waals surface area contributed by atoms with Crippen LogP contribution in [0.2, 0.25) is 0 Å². The van der Waals surface area contributed by atoms with Gasteiger partial charge in [-0.05, 0) is 73.7 Å². The molecule has 2 aromatic carbocycles. The molecular weight excluding hydrogens is 343 g/mol. The molecule has 4 nitrogen and oxygen atoms in total. The van der Waals surface area contributed by atoms with E-state index in [4.69, 9.17) is 0 Å². The third-order valence-corrected chi connectivity index (χ3v) is 5.10. The van der Waals surface area contributed by atoms with Crippen molar-refractivity contribution in [2.45, 2.75) is 19.3 Å². The monoisotopic (exact) mass is 370 g/mol. The Morgan fingerprint density at radius 1 is 1.19 bits per heavy atom. The minimum atomic E-state index is -0.270. The van der Waals surface area contributed by atoms with E-state index >= 15 is 0 Å². The van der Waals surface area contributed by atoms with Crippen molar-refractivity contribution in [3.8, 4) is 11.1 Å². The number of piperidine rings is 1. The molecule has 1 amide bonds. The van der Waals surface area contributed by atoms with Crippen LogP contribution in [0.25, 0.3) is 11.1 Å². The first-order valence-corrected chi connectivity index (χ1v) is 9.63. The highest BCUT2D eigenvalue weighted by Crippen LogP contribution is 2.20. The lowest BCUT2D eigenvalue weighted by Gasteiger charge is -2.31. The average Bonchev–Trinajstić information content (AvgIpc) is 2.71. The van der Waals surface area contributed by atoms with Crippen LogP contribution in [0.3, 0.4) is 0 Å². The molecule has 27 heavy (non-hydrogen) atoms. The topological polar surface area (TPSA) is 52.6 Å². The van der Waals surface area contributed by atoms with E-state index in [0.29, 0.717) is 18.0 Å². The molecule has 1 aliphatic heterocycles. The van der Waals surface area contributed by atoms with Crippen molar-refractivity contribution in [1.29, 1.82) is 0 Å². The van der Waals surface area contributed by atoms with Crippen LogP contribution in [-0.2, 0) is 0 Å². The molecule has 1 saturated heterocycles. The standard InChI is InChI=1S/C22H27FN2O2/c23-21-6-1-5-20(14-21)18-7-9-19(10-8-18)22(27)24-11-3-13-25-12-2-4-17(15-25)16-26/h1,5-10,14,17,26H,2-4,11-13,15-16H2,(H,24,27)/t17-/m1/s1. The van der Waals surface area contributed by atoms with Gasteiger partial charge < -0.3 is 15.3 Å². The van der Waals surface area contributed by atoms with E-state index in [-0.39, 0.29) is 18.3 Å². The fraction of sp³-hybridized carbons (Fsp3) is 0.409. The zero-order valence-corrected chi connectivity index (χ0v) is 15.5. The molecule has 1 fully saturated rings. The summed E-state index contributed by atoms with van der Waals surface area (Å²) in [5.74, 6) is 0.0333. The number of rotatable bonds is 7. The summed E-state index contributed by atoms with van der Waals surface area (Å²) in [6.07, 6.45) is 3.13. The number of aliphatic hydroxyl groups is 1. The minimum Gasteiger partial charge on any atom is -0.396 e. The highest BCUT2D eigenvalue weighted by atomic mass is 19.1. The van der Waals surface area contributed by atoms with Crippen LogP contribution in [0.1, 0.15) is 29.6 Å². The summed E-state index contributed by atoms with van der Waals surface area (Å²) < 4.78 is 13.3. The van der Waals surface area contributed by atoms with Crippen LogP contribution < -0.4 is 5.32 Å². The normalized spacial score (nSPS) is 17.6. The van der Waals surface area contributed by atoms with Gasteiger partial charge in [-0.3, -0.25) is 4.79 Å². The van der Waals surface area contributed by atoms with Gasteiger partial charge in [0.05, 0.1) is 0 Å². The highest BCUT2D eigenvalue weighted by molar-refractivity contribution is 5.94. The Hall–Kier alpha value is -2.24. The maximum absolute atomic E-state index is 13.3. The fourth-order valence-electron chi connectivity index (χ4n) is 3.59. The van der Waals surface area contributed by atoms with Gasteiger partial charge in [-0.15, -0.1) is 0 Å². The molecule has 0 aromatic heterocycles. The molecule has 3 rings (SSSR count). The Balaban J connectivity index is 1.44. The lowest BCUT2D eigenvalue weighted by Crippen LogP contribution is -2.38. The summed E-state index contributed by atoms with van der Waals surface area (Å²) in [7, 11) is 0. The Morgan fingerprint density at radius 3 is 2.74 bits per heavy atom. The number of carbonyl (C=O) groups excluding carboxylic acids is 1. The van der Waals surface area contributed by atoms with E-state index < -0.39 is 0 Å². The van der Waals surface area contributed by atoms with Crippen molar-refractivity contribution in [3.63, 3.8) is 0 Å². The highest BCUT2D eigenvalue weighted by Gasteiger charge is 2.18. The second-order valence-corrected chi connectivity index (χ2v) is 7.19. The van der Waals surface area contributed by atoms with Crippen LogP contribution in [0.15, 0.2) is 48.5 Å². The van der Waals surface area contributed by atoms with E-state index in [9.17, 15) is 14.3 Å². The first kappa shape index (κ1) is 19.5. The van der Waals surface area contributed by atoms with E-state index in [1.807, 2.05) is 18.2 Å². The second-order valence-electron chi connectivity index (χ2n) is 7.19. The summed E-state index contributed by atoms with van der Waals surface area (Å²) >= 11 is 0. The number of hydrogen-bond acceptors (Lipinski definition) is 3. The predicted octanol–water partition coefficient (Wildman–Crippen LogP) is 3.32. The number of nitrogens with one attached hydrogen (secondary N) is 1. The van der Waals surface area contributed by atoms with Gasteiger partial charge in [0.1, 0.15) is 5.82 Å². The van der Waals surface area contributed by atoms with Gasteiger partial charge in [-0.1, -0.05) is 24.3 Å². The van der Waals surface area contributed by atoms with Gasteiger partial charge in [-0.2, -0.15) is 0 Å². The number of nitrogens with zero attached hydrogens (tertiary/aromatic N) is 1. The zero-order valence-electron chi connectivity index (χ0n) is 15.5. The van der Waals surface area contributed by atoms with Crippen molar-refractivity contribution < 1.29 is 14.3 Å². The summed E-state index contributed by atoms with van der Waals surface area (Å²) in [6.45, 7) is 3.86. The number of aliphatic hydroxyl groups excluding tert-OH is 1. The van der Waals surface area contributed by atoms with Crippen LogP contribution in [-0.4, -0.2) is 48.7 Å². The van der Waals surface area contributed by atoms with Gasteiger partial charge in [-0.25, -0.2) is 4.39 Å². The lowest BCUT2D eigenvalue weighted by molar-refractivity contribution is 0.0946. The first-order chi connectivity index (χ1) is 13.2. The van der Waals surface area contributed by atoms with Crippen molar-refractivity contribution >= 4 is 5.91 Å². The van der Waals surface area contributed by atoms with E-state index in [0.717, 1.165) is 50.0 Å². The van der Waals surface area contributed by atoms with Crippen LogP contribution in [0.5, 0.6) is 0 Å². The molecule has 144 valence electrons. The summed E-state index contributed by atoms with van der Waals surface area (Å²) in [5, 5.41) is 12.2. The molecule has 0 radical (unpaired) electrons. The SMILES string of the molecule is O=C(NCCCN1CCC[C@@H](CO)C1)c1ccc(-c2cccc(F)c2)cc1. The summed E-state index contributed by atoms with van der Waals surface area (Å²) in [6, 6.07) is 13.6. The number of carbonyl (C=O) groups is 1. The second kappa shape index (κ2) is 9.62. The molecule has 0 bridgehead atoms. The quantitative estimate of drug-likeness (QED) is 0.735. The first-order valence-electron chi connectivity index (χ1n) is 9.63. The molecule has 0 saturated carbocycles. The molecule has 0 spiro atoms. The van der Waals surface area contributed by atoms with Crippen LogP contribution in [0, 0.1) is 11.7 Å². The predicted molar refractivity (Wildman–Crippen MR) is 105 cm³/mol. The van der Waals surface area contributed by atoms with Gasteiger partial charge in [0.2, 0.25) is 0 Å². The Bertz CT molecular complexity index is 748. The Labute approximate surface area is 160 Å². The lowest BCUT2D eigenvalue weighted by atomic mass is 9.99. The number of benzene rings is 2. The molecule has 0 aliphatic carbocycles. The van der Waals surface area contributed by atoms with E-state index in [1.54, 1.807) is 18.2 Å². The van der Waals surface area contributed by atoms with E-state index in [2.05, 4.69) is 10.2 Å². The smallest absolute Gasteiger partial charge is 0.251 e. The summed E-state index contributed by atoms with van der Waals surface area (Å²) in [4.78, 5) is 14.6. The van der Waals surface area contributed by atoms with Crippen molar-refractivity contribution in [1.82, 2.24) is 10.2 Å². The fourth-order valence-corrected chi connectivity index (χ4v) is 3.59. The third-order valence-electron chi connectivity index (χ3n) is 5.10. The van der Waals surface area contributed by atoms with Gasteiger partial charge >= 0.3 is 0 Å². The number of likely N-dealkylation sites (tertiary alicyclic amines) is 1. The molecule has 2 N–H and O–H groups in total. The van der Waals surface area contributed by atoms with E-state index in [1.165, 1.54) is 12.1 Å². The van der Waals surface area contributed by atoms with Gasteiger partial charge in [0.15, 0.2) is 0 Å². The zero-order chi connectivity index (χ0) is 19.1. The average molecular weight is 370 g/mol. The number of amides is 1. The van der Waals surface area contributed by atoms with Crippen molar-refractivity contribution in [3.05, 3.63) is 59.9 Å². The van der Waals surface area contributed by atoms with Crippen molar-refractivity contribution in [2.24, 2.45) is 5.92 Å². The molecular formula is C22H27FN2O2. The molecule has 2 aromatic rings. The molecule has 0 unspecified atom stereocenters. The van der Waals surface area contributed by atoms with Crippen LogP contribution in [0.4, 0.5) is 4.39 Å². The minimum absolute atomic E-state index is 0.0901. The van der Waals surface area contributed by atoms with Gasteiger partial charge in [0.25, 0.3) is 5.91 Å². The number of hydrogen-bond donors (Lipinski definition) is 2. The number of halogens is 1. The molecule has 5 heteroatoms. The molecule has 1 aliphatic rings. The maximum atomic E-state index is 13.3. The maximum Gasteiger partial charge on any atom is 0.251 e. The third kappa shape index (κ3) is 5.62. The Morgan fingerprint density at radius 2 is 2.00 bits per heavy atom. The largest absolute Gasteiger partial charge is 0.396 e.